The summed E-state index contributed by atoms with van der Waals surface area (Å²) in [4.78, 5) is 12.4. The Bertz CT molecular complexity index is 628. The van der Waals surface area contributed by atoms with Crippen LogP contribution in [0.4, 0.5) is 13.2 Å². The molecule has 2 aliphatic rings. The Morgan fingerprint density at radius 1 is 1.39 bits per heavy atom. The first-order chi connectivity index (χ1) is 10.7. The van der Waals surface area contributed by atoms with E-state index in [-0.39, 0.29) is 11.7 Å². The van der Waals surface area contributed by atoms with Crippen molar-refractivity contribution < 1.29 is 18.0 Å². The molecule has 128 valence electrons. The zero-order valence-electron chi connectivity index (χ0n) is 13.0. The van der Waals surface area contributed by atoms with Gasteiger partial charge in [0.25, 0.3) is 5.91 Å². The Balaban J connectivity index is 1.75. The summed E-state index contributed by atoms with van der Waals surface area (Å²) in [5.74, 6) is 1.15. The van der Waals surface area contributed by atoms with Crippen molar-refractivity contribution >= 4 is 17.5 Å². The number of alkyl halides is 3. The van der Waals surface area contributed by atoms with Crippen LogP contribution in [0.5, 0.6) is 0 Å². The van der Waals surface area contributed by atoms with E-state index < -0.39 is 22.8 Å². The number of nitrogens with zero attached hydrogens (tertiary/aromatic N) is 2. The molecule has 1 amide bonds. The molecule has 23 heavy (non-hydrogen) atoms. The van der Waals surface area contributed by atoms with Crippen molar-refractivity contribution in [1.82, 2.24) is 15.1 Å². The summed E-state index contributed by atoms with van der Waals surface area (Å²) in [6, 6.07) is -0.0851. The molecule has 1 heterocycles. The zero-order chi connectivity index (χ0) is 16.9. The minimum Gasteiger partial charge on any atom is -0.348 e. The van der Waals surface area contributed by atoms with E-state index in [1.54, 1.807) is 0 Å². The number of fused-ring (bicyclic) bond motifs is 2. The van der Waals surface area contributed by atoms with E-state index >= 15 is 0 Å². The largest absolute Gasteiger partial charge is 0.436 e. The van der Waals surface area contributed by atoms with Gasteiger partial charge in [0.15, 0.2) is 5.69 Å². The third kappa shape index (κ3) is 2.95. The fourth-order valence-corrected chi connectivity index (χ4v) is 4.57. The molecule has 2 saturated carbocycles. The first-order valence-electron chi connectivity index (χ1n) is 7.79. The molecule has 0 saturated heterocycles. The van der Waals surface area contributed by atoms with E-state index in [9.17, 15) is 18.0 Å². The van der Waals surface area contributed by atoms with Crippen LogP contribution in [0.2, 0.25) is 5.02 Å². The lowest BCUT2D eigenvalue weighted by Gasteiger charge is -2.28. The molecular formula is C15H19ClF3N3O. The molecule has 3 rings (SSSR count). The quantitative estimate of drug-likeness (QED) is 0.905. The number of hydrogen-bond acceptors (Lipinski definition) is 2. The summed E-state index contributed by atoms with van der Waals surface area (Å²) in [5.41, 5.74) is -1.46. The number of amides is 1. The van der Waals surface area contributed by atoms with Gasteiger partial charge in [-0.25, -0.2) is 0 Å². The fourth-order valence-electron chi connectivity index (χ4n) is 4.21. The van der Waals surface area contributed by atoms with Gasteiger partial charge in [-0.05, 0) is 43.9 Å². The number of carbonyl (C=O) groups is 1. The zero-order valence-corrected chi connectivity index (χ0v) is 13.7. The highest BCUT2D eigenvalue weighted by molar-refractivity contribution is 6.34. The Hall–Kier alpha value is -1.24. The standard InChI is InChI=1S/C15H19ClF3N3O/c1-7(10-6-8-3-4-9(10)5-8)20-14(23)12-11(16)13(15(17,18)19)21-22(12)2/h7-10H,3-6H2,1-2H3,(H,20,23)/t7-,8-,9-,10+/m1/s1. The van der Waals surface area contributed by atoms with Gasteiger partial charge in [-0.15, -0.1) is 0 Å². The molecule has 0 aliphatic heterocycles. The highest BCUT2D eigenvalue weighted by Crippen LogP contribution is 2.49. The lowest BCUT2D eigenvalue weighted by Crippen LogP contribution is -2.40. The van der Waals surface area contributed by atoms with Crippen LogP contribution >= 0.6 is 11.6 Å². The van der Waals surface area contributed by atoms with Crippen molar-refractivity contribution in [2.24, 2.45) is 24.8 Å². The number of halogens is 4. The minimum atomic E-state index is -4.68. The average molecular weight is 350 g/mol. The number of aromatic nitrogens is 2. The fraction of sp³-hybridized carbons (Fsp3) is 0.733. The van der Waals surface area contributed by atoms with E-state index in [1.807, 2.05) is 6.92 Å². The smallest absolute Gasteiger partial charge is 0.348 e. The maximum atomic E-state index is 12.8. The summed E-state index contributed by atoms with van der Waals surface area (Å²) in [6.45, 7) is 1.91. The predicted octanol–water partition coefficient (Wildman–Crippen LogP) is 3.65. The van der Waals surface area contributed by atoms with Gasteiger partial charge >= 0.3 is 6.18 Å². The van der Waals surface area contributed by atoms with Crippen molar-refractivity contribution in [3.05, 3.63) is 16.4 Å². The molecule has 2 bridgehead atoms. The monoisotopic (exact) mass is 349 g/mol. The van der Waals surface area contributed by atoms with Gasteiger partial charge in [-0.3, -0.25) is 9.48 Å². The lowest BCUT2D eigenvalue weighted by atomic mass is 9.84. The van der Waals surface area contributed by atoms with Crippen LogP contribution < -0.4 is 5.32 Å². The van der Waals surface area contributed by atoms with Crippen molar-refractivity contribution in [3.8, 4) is 0 Å². The Labute approximate surface area is 137 Å². The number of carbonyl (C=O) groups excluding carboxylic acids is 1. The van der Waals surface area contributed by atoms with E-state index in [0.717, 1.165) is 17.0 Å². The van der Waals surface area contributed by atoms with Gasteiger partial charge in [0.2, 0.25) is 0 Å². The van der Waals surface area contributed by atoms with Crippen LogP contribution in [0, 0.1) is 17.8 Å². The molecule has 2 aliphatic carbocycles. The normalized spacial score (nSPS) is 28.2. The molecule has 0 spiro atoms. The van der Waals surface area contributed by atoms with E-state index in [0.29, 0.717) is 11.8 Å². The second-order valence-corrected chi connectivity index (χ2v) is 7.11. The van der Waals surface area contributed by atoms with Crippen molar-refractivity contribution in [2.75, 3.05) is 0 Å². The van der Waals surface area contributed by atoms with E-state index in [2.05, 4.69) is 10.4 Å². The van der Waals surface area contributed by atoms with Gasteiger partial charge in [-0.2, -0.15) is 18.3 Å². The summed E-state index contributed by atoms with van der Waals surface area (Å²) >= 11 is 5.75. The Morgan fingerprint density at radius 2 is 2.09 bits per heavy atom. The molecule has 0 unspecified atom stereocenters. The van der Waals surface area contributed by atoms with Gasteiger partial charge < -0.3 is 5.32 Å². The summed E-state index contributed by atoms with van der Waals surface area (Å²) < 4.78 is 39.4. The van der Waals surface area contributed by atoms with Crippen LogP contribution in [0.1, 0.15) is 48.8 Å². The molecule has 1 aromatic heterocycles. The van der Waals surface area contributed by atoms with Crippen molar-refractivity contribution in [3.63, 3.8) is 0 Å². The molecule has 0 aromatic carbocycles. The topological polar surface area (TPSA) is 46.9 Å². The Morgan fingerprint density at radius 3 is 2.57 bits per heavy atom. The maximum Gasteiger partial charge on any atom is 0.436 e. The Kier molecular flexibility index (Phi) is 4.11. The summed E-state index contributed by atoms with van der Waals surface area (Å²) in [7, 11) is 1.29. The summed E-state index contributed by atoms with van der Waals surface area (Å²) in [6.07, 6.45) is 0.0444. The molecule has 0 radical (unpaired) electrons. The molecule has 4 nitrogen and oxygen atoms in total. The van der Waals surface area contributed by atoms with Crippen molar-refractivity contribution in [2.45, 2.75) is 44.8 Å². The van der Waals surface area contributed by atoms with Gasteiger partial charge in [0.1, 0.15) is 10.7 Å². The SMILES string of the molecule is C[C@@H](NC(=O)c1c(Cl)c(C(F)(F)F)nn1C)[C@@H]1C[C@@H]2CC[C@@H]1C2. The second-order valence-electron chi connectivity index (χ2n) is 6.73. The van der Waals surface area contributed by atoms with Gasteiger partial charge in [-0.1, -0.05) is 18.0 Å². The number of aryl methyl sites for hydroxylation is 1. The van der Waals surface area contributed by atoms with Crippen LogP contribution in [0.15, 0.2) is 0 Å². The highest BCUT2D eigenvalue weighted by atomic mass is 35.5. The van der Waals surface area contributed by atoms with Crippen LogP contribution in [-0.2, 0) is 13.2 Å². The number of nitrogens with one attached hydrogen (secondary N) is 1. The first kappa shape index (κ1) is 16.6. The van der Waals surface area contributed by atoms with E-state index in [4.69, 9.17) is 11.6 Å². The van der Waals surface area contributed by atoms with Gasteiger partial charge in [0.05, 0.1) is 0 Å². The second kappa shape index (κ2) is 5.69. The third-order valence-corrected chi connectivity index (χ3v) is 5.62. The summed E-state index contributed by atoms with van der Waals surface area (Å²) in [5, 5.41) is 5.52. The minimum absolute atomic E-state index is 0.0851. The predicted molar refractivity (Wildman–Crippen MR) is 79.1 cm³/mol. The molecular weight excluding hydrogens is 331 g/mol. The lowest BCUT2D eigenvalue weighted by molar-refractivity contribution is -0.141. The molecule has 1 aromatic rings. The number of hydrogen-bond donors (Lipinski definition) is 1. The molecule has 4 atom stereocenters. The van der Waals surface area contributed by atoms with Crippen LogP contribution in [-0.4, -0.2) is 21.7 Å². The van der Waals surface area contributed by atoms with Crippen LogP contribution in [0.3, 0.4) is 0 Å². The first-order valence-corrected chi connectivity index (χ1v) is 8.16. The third-order valence-electron chi connectivity index (χ3n) is 5.27. The van der Waals surface area contributed by atoms with E-state index in [1.165, 1.54) is 26.3 Å². The average Bonchev–Trinajstić information content (AvgIpc) is 3.12. The molecule has 8 heteroatoms. The molecule has 1 N–H and O–H groups in total. The van der Waals surface area contributed by atoms with Crippen LogP contribution in [0.25, 0.3) is 0 Å². The van der Waals surface area contributed by atoms with Crippen molar-refractivity contribution in [1.29, 1.82) is 0 Å². The number of rotatable bonds is 3. The molecule has 2 fully saturated rings. The highest BCUT2D eigenvalue weighted by Gasteiger charge is 2.43. The maximum absolute atomic E-state index is 12.8. The van der Waals surface area contributed by atoms with Gasteiger partial charge in [0, 0.05) is 13.1 Å².